The highest BCUT2D eigenvalue weighted by Gasteiger charge is 2.09. The molecule has 1 amide bonds. The molecule has 0 aliphatic rings. The third kappa shape index (κ3) is 2.92. The Bertz CT molecular complexity index is 577. The maximum Gasteiger partial charge on any atom is 0.251 e. The van der Waals surface area contributed by atoms with Gasteiger partial charge in [-0.3, -0.25) is 9.48 Å². The molecule has 0 radical (unpaired) electrons. The summed E-state index contributed by atoms with van der Waals surface area (Å²) < 4.78 is 1.71. The lowest BCUT2D eigenvalue weighted by atomic mass is 10.1. The second-order valence-electron chi connectivity index (χ2n) is 4.16. The van der Waals surface area contributed by atoms with Gasteiger partial charge in [-0.25, -0.2) is 0 Å². The van der Waals surface area contributed by atoms with Gasteiger partial charge in [0.25, 0.3) is 5.91 Å². The van der Waals surface area contributed by atoms with Crippen LogP contribution in [0.5, 0.6) is 0 Å². The maximum atomic E-state index is 12.0. The quantitative estimate of drug-likeness (QED) is 0.830. The summed E-state index contributed by atoms with van der Waals surface area (Å²) in [5, 5.41) is 7.05. The monoisotopic (exact) mass is 261 g/mol. The molecule has 94 valence electrons. The van der Waals surface area contributed by atoms with Crippen LogP contribution in [0.3, 0.4) is 0 Å². The first-order valence-electron chi connectivity index (χ1n) is 5.62. The molecule has 5 heteroatoms. The van der Waals surface area contributed by atoms with Crippen molar-refractivity contribution in [1.29, 1.82) is 0 Å². The highest BCUT2D eigenvalue weighted by Crippen LogP contribution is 2.14. The number of thiol groups is 1. The minimum absolute atomic E-state index is 0.103. The van der Waals surface area contributed by atoms with Crippen LogP contribution in [0.4, 0.5) is 0 Å². The van der Waals surface area contributed by atoms with E-state index in [-0.39, 0.29) is 5.91 Å². The van der Waals surface area contributed by atoms with Gasteiger partial charge in [-0.15, -0.1) is 12.6 Å². The summed E-state index contributed by atoms with van der Waals surface area (Å²) >= 11 is 4.24. The highest BCUT2D eigenvalue weighted by molar-refractivity contribution is 7.80. The number of rotatable bonds is 3. The fourth-order valence-electron chi connectivity index (χ4n) is 1.68. The van der Waals surface area contributed by atoms with Crippen LogP contribution in [0.15, 0.2) is 35.4 Å². The van der Waals surface area contributed by atoms with Crippen molar-refractivity contribution in [3.8, 4) is 0 Å². The highest BCUT2D eigenvalue weighted by atomic mass is 32.1. The summed E-state index contributed by atoms with van der Waals surface area (Å²) in [7, 11) is 1.85. The molecule has 2 aromatic rings. The second-order valence-corrected chi connectivity index (χ2v) is 4.68. The van der Waals surface area contributed by atoms with Crippen LogP contribution in [0.25, 0.3) is 0 Å². The topological polar surface area (TPSA) is 46.9 Å². The number of benzene rings is 1. The van der Waals surface area contributed by atoms with E-state index in [9.17, 15) is 4.79 Å². The lowest BCUT2D eigenvalue weighted by Gasteiger charge is -2.07. The van der Waals surface area contributed by atoms with E-state index in [1.54, 1.807) is 10.7 Å². The molecule has 1 heterocycles. The molecule has 0 bridgehead atoms. The molecular formula is C13H15N3OS. The van der Waals surface area contributed by atoms with Gasteiger partial charge < -0.3 is 5.32 Å². The molecule has 4 nitrogen and oxygen atoms in total. The zero-order valence-electron chi connectivity index (χ0n) is 10.3. The molecular weight excluding hydrogens is 246 g/mol. The van der Waals surface area contributed by atoms with Crippen LogP contribution in [-0.4, -0.2) is 15.7 Å². The molecule has 0 saturated heterocycles. The summed E-state index contributed by atoms with van der Waals surface area (Å²) in [4.78, 5) is 12.8. The van der Waals surface area contributed by atoms with Crippen molar-refractivity contribution >= 4 is 18.5 Å². The van der Waals surface area contributed by atoms with Crippen LogP contribution in [0.2, 0.25) is 0 Å². The molecule has 1 aromatic heterocycles. The van der Waals surface area contributed by atoms with Crippen LogP contribution in [0, 0.1) is 6.92 Å². The van der Waals surface area contributed by atoms with Crippen molar-refractivity contribution in [3.05, 3.63) is 47.3 Å². The van der Waals surface area contributed by atoms with Crippen molar-refractivity contribution in [2.75, 3.05) is 0 Å². The number of aromatic nitrogens is 2. The Hall–Kier alpha value is -1.75. The number of amides is 1. The number of nitrogens with one attached hydrogen (secondary N) is 1. The molecule has 18 heavy (non-hydrogen) atoms. The van der Waals surface area contributed by atoms with Crippen LogP contribution in [-0.2, 0) is 13.6 Å². The standard InChI is InChI=1S/C13H15N3OS/c1-9-3-4-11(18)7-12(9)13(17)14-8-10-5-6-16(2)15-10/h3-7,18H,8H2,1-2H3,(H,14,17). The first-order chi connectivity index (χ1) is 8.56. The summed E-state index contributed by atoms with van der Waals surface area (Å²) in [5.74, 6) is -0.103. The zero-order chi connectivity index (χ0) is 13.1. The summed E-state index contributed by atoms with van der Waals surface area (Å²) in [6.45, 7) is 2.33. The molecule has 1 N–H and O–H groups in total. The average molecular weight is 261 g/mol. The molecule has 0 spiro atoms. The molecule has 0 aliphatic heterocycles. The van der Waals surface area contributed by atoms with E-state index in [2.05, 4.69) is 23.0 Å². The van der Waals surface area contributed by atoms with Gasteiger partial charge in [0.05, 0.1) is 12.2 Å². The SMILES string of the molecule is Cc1ccc(S)cc1C(=O)NCc1ccn(C)n1. The van der Waals surface area contributed by atoms with E-state index in [1.165, 1.54) is 0 Å². The van der Waals surface area contributed by atoms with E-state index >= 15 is 0 Å². The lowest BCUT2D eigenvalue weighted by molar-refractivity contribution is 0.0949. The number of nitrogens with zero attached hydrogens (tertiary/aromatic N) is 2. The van der Waals surface area contributed by atoms with Gasteiger partial charge in [-0.2, -0.15) is 5.10 Å². The first-order valence-corrected chi connectivity index (χ1v) is 6.07. The predicted octanol–water partition coefficient (Wildman–Crippen LogP) is 1.95. The Morgan fingerprint density at radius 3 is 2.89 bits per heavy atom. The lowest BCUT2D eigenvalue weighted by Crippen LogP contribution is -2.23. The van der Waals surface area contributed by atoms with Gasteiger partial charge in [0, 0.05) is 23.7 Å². The fourth-order valence-corrected chi connectivity index (χ4v) is 1.88. The first kappa shape index (κ1) is 12.7. The Balaban J connectivity index is 2.05. The van der Waals surface area contributed by atoms with Crippen LogP contribution >= 0.6 is 12.6 Å². The Labute approximate surface area is 111 Å². The van der Waals surface area contributed by atoms with Gasteiger partial charge in [-0.05, 0) is 30.7 Å². The van der Waals surface area contributed by atoms with E-state index < -0.39 is 0 Å². The average Bonchev–Trinajstić information content (AvgIpc) is 2.75. The Kier molecular flexibility index (Phi) is 3.72. The molecule has 1 aromatic carbocycles. The van der Waals surface area contributed by atoms with Gasteiger partial charge in [0.1, 0.15) is 0 Å². The minimum Gasteiger partial charge on any atom is -0.346 e. The van der Waals surface area contributed by atoms with E-state index in [0.29, 0.717) is 12.1 Å². The fraction of sp³-hybridized carbons (Fsp3) is 0.231. The summed E-state index contributed by atoms with van der Waals surface area (Å²) in [6, 6.07) is 7.40. The largest absolute Gasteiger partial charge is 0.346 e. The number of aryl methyl sites for hydroxylation is 2. The van der Waals surface area contributed by atoms with Gasteiger partial charge in [0.2, 0.25) is 0 Å². The van der Waals surface area contributed by atoms with Crippen molar-refractivity contribution < 1.29 is 4.79 Å². The number of carbonyl (C=O) groups is 1. The van der Waals surface area contributed by atoms with Gasteiger partial charge >= 0.3 is 0 Å². The molecule has 2 rings (SSSR count). The van der Waals surface area contributed by atoms with Crippen molar-refractivity contribution in [2.24, 2.45) is 7.05 Å². The third-order valence-corrected chi connectivity index (χ3v) is 2.94. The van der Waals surface area contributed by atoms with Gasteiger partial charge in [-0.1, -0.05) is 6.07 Å². The maximum absolute atomic E-state index is 12.0. The minimum atomic E-state index is -0.103. The van der Waals surface area contributed by atoms with E-state index in [1.807, 2.05) is 38.4 Å². The number of carbonyl (C=O) groups excluding carboxylic acids is 1. The molecule has 0 fully saturated rings. The van der Waals surface area contributed by atoms with E-state index in [0.717, 1.165) is 16.2 Å². The Morgan fingerprint density at radius 2 is 2.22 bits per heavy atom. The molecule has 0 unspecified atom stereocenters. The number of hydrogen-bond acceptors (Lipinski definition) is 3. The molecule has 0 atom stereocenters. The zero-order valence-corrected chi connectivity index (χ0v) is 11.2. The third-order valence-electron chi connectivity index (χ3n) is 2.66. The summed E-state index contributed by atoms with van der Waals surface area (Å²) in [6.07, 6.45) is 1.85. The normalized spacial score (nSPS) is 10.4. The van der Waals surface area contributed by atoms with Crippen LogP contribution < -0.4 is 5.32 Å². The van der Waals surface area contributed by atoms with Crippen LogP contribution in [0.1, 0.15) is 21.6 Å². The predicted molar refractivity (Wildman–Crippen MR) is 72.8 cm³/mol. The second kappa shape index (κ2) is 5.27. The molecule has 0 aliphatic carbocycles. The van der Waals surface area contributed by atoms with Crippen molar-refractivity contribution in [3.63, 3.8) is 0 Å². The molecule has 0 saturated carbocycles. The van der Waals surface area contributed by atoms with Gasteiger partial charge in [0.15, 0.2) is 0 Å². The smallest absolute Gasteiger partial charge is 0.251 e. The van der Waals surface area contributed by atoms with Crippen molar-refractivity contribution in [1.82, 2.24) is 15.1 Å². The number of hydrogen-bond donors (Lipinski definition) is 2. The van der Waals surface area contributed by atoms with Crippen molar-refractivity contribution in [2.45, 2.75) is 18.4 Å². The Morgan fingerprint density at radius 1 is 1.44 bits per heavy atom. The van der Waals surface area contributed by atoms with E-state index in [4.69, 9.17) is 0 Å². The summed E-state index contributed by atoms with van der Waals surface area (Å²) in [5.41, 5.74) is 2.43.